The maximum absolute atomic E-state index is 11.8. The number of morpholine rings is 1. The van der Waals surface area contributed by atoms with Gasteiger partial charge in [-0.2, -0.15) is 0 Å². The maximum Gasteiger partial charge on any atom is 0.319 e. The van der Waals surface area contributed by atoms with Crippen LogP contribution in [-0.4, -0.2) is 50.3 Å². The number of carbonyl (C=O) groups is 1. The summed E-state index contributed by atoms with van der Waals surface area (Å²) in [6.07, 6.45) is 3.76. The molecule has 2 aromatic carbocycles. The van der Waals surface area contributed by atoms with Gasteiger partial charge in [0.05, 0.1) is 17.0 Å². The van der Waals surface area contributed by atoms with Crippen molar-refractivity contribution in [2.24, 2.45) is 0 Å². The number of benzene rings is 2. The van der Waals surface area contributed by atoms with E-state index in [-0.39, 0.29) is 12.1 Å². The molecule has 2 amide bonds. The molecule has 5 rings (SSSR count). The molecule has 3 heterocycles. The Balaban J connectivity index is 1.49. The van der Waals surface area contributed by atoms with Crippen molar-refractivity contribution in [1.82, 2.24) is 15.6 Å². The fourth-order valence-electron chi connectivity index (χ4n) is 4.52. The number of nitrogens with zero attached hydrogens (tertiary/aromatic N) is 2. The van der Waals surface area contributed by atoms with E-state index in [9.17, 15) is 4.79 Å². The first-order valence-electron chi connectivity index (χ1n) is 11.9. The third-order valence-electron chi connectivity index (χ3n) is 6.20. The van der Waals surface area contributed by atoms with E-state index in [0.29, 0.717) is 6.54 Å². The molecule has 1 aromatic heterocycles. The van der Waals surface area contributed by atoms with E-state index in [4.69, 9.17) is 9.72 Å². The second-order valence-electron chi connectivity index (χ2n) is 8.57. The predicted molar refractivity (Wildman–Crippen MR) is 135 cm³/mol. The van der Waals surface area contributed by atoms with Crippen molar-refractivity contribution in [1.29, 1.82) is 0 Å². The molecule has 0 saturated carbocycles. The topological polar surface area (TPSA) is 78.5 Å². The molecule has 8 heteroatoms. The molecular weight excluding hydrogens is 434 g/mol. The van der Waals surface area contributed by atoms with Crippen LogP contribution < -0.4 is 20.9 Å². The van der Waals surface area contributed by atoms with Crippen molar-refractivity contribution < 1.29 is 9.53 Å². The third-order valence-corrected chi connectivity index (χ3v) is 7.30. The SMILES string of the molecule is CCNC(=O)Nc1ccc(-c2cc(N3CCCCC3)c3nc(C4CNCCO4)sc3c2)cc1. The number of urea groups is 1. The molecular formula is C25H31N5O2S. The highest BCUT2D eigenvalue weighted by Gasteiger charge is 2.23. The van der Waals surface area contributed by atoms with Crippen LogP contribution in [-0.2, 0) is 4.74 Å². The van der Waals surface area contributed by atoms with Crippen LogP contribution in [0.4, 0.5) is 16.2 Å². The summed E-state index contributed by atoms with van der Waals surface area (Å²) in [7, 11) is 0. The lowest BCUT2D eigenvalue weighted by Crippen LogP contribution is -2.33. The molecule has 0 aliphatic carbocycles. The number of anilines is 2. The van der Waals surface area contributed by atoms with Crippen LogP contribution >= 0.6 is 11.3 Å². The van der Waals surface area contributed by atoms with Gasteiger partial charge in [0.15, 0.2) is 0 Å². The molecule has 7 nitrogen and oxygen atoms in total. The van der Waals surface area contributed by atoms with E-state index in [1.807, 2.05) is 19.1 Å². The summed E-state index contributed by atoms with van der Waals surface area (Å²) < 4.78 is 7.18. The third kappa shape index (κ3) is 4.98. The molecule has 0 bridgehead atoms. The van der Waals surface area contributed by atoms with Crippen LogP contribution in [0.2, 0.25) is 0 Å². The summed E-state index contributed by atoms with van der Waals surface area (Å²) in [5.74, 6) is 0. The van der Waals surface area contributed by atoms with E-state index in [0.717, 1.165) is 54.6 Å². The number of aromatic nitrogens is 1. The van der Waals surface area contributed by atoms with Gasteiger partial charge in [0, 0.05) is 38.4 Å². The van der Waals surface area contributed by atoms with E-state index in [2.05, 4.69) is 45.1 Å². The number of hydrogen-bond acceptors (Lipinski definition) is 6. The number of thiazole rings is 1. The van der Waals surface area contributed by atoms with E-state index in [1.54, 1.807) is 11.3 Å². The normalized spacial score (nSPS) is 18.9. The molecule has 0 radical (unpaired) electrons. The van der Waals surface area contributed by atoms with Crippen LogP contribution in [0.3, 0.4) is 0 Å². The Morgan fingerprint density at radius 2 is 2.00 bits per heavy atom. The molecule has 1 unspecified atom stereocenters. The molecule has 174 valence electrons. The Morgan fingerprint density at radius 3 is 2.73 bits per heavy atom. The minimum Gasteiger partial charge on any atom is -0.370 e. The monoisotopic (exact) mass is 465 g/mol. The van der Waals surface area contributed by atoms with E-state index >= 15 is 0 Å². The second kappa shape index (κ2) is 10.1. The summed E-state index contributed by atoms with van der Waals surface area (Å²) in [5, 5.41) is 10.1. The molecule has 33 heavy (non-hydrogen) atoms. The van der Waals surface area contributed by atoms with Gasteiger partial charge in [-0.05, 0) is 61.6 Å². The number of amides is 2. The molecule has 2 fully saturated rings. The van der Waals surface area contributed by atoms with Gasteiger partial charge >= 0.3 is 6.03 Å². The highest BCUT2D eigenvalue weighted by atomic mass is 32.1. The van der Waals surface area contributed by atoms with Gasteiger partial charge in [0.25, 0.3) is 0 Å². The lowest BCUT2D eigenvalue weighted by atomic mass is 10.0. The summed E-state index contributed by atoms with van der Waals surface area (Å²) in [6.45, 7) is 7.08. The molecule has 1 atom stereocenters. The van der Waals surface area contributed by atoms with Gasteiger partial charge in [-0.15, -0.1) is 11.3 Å². The summed E-state index contributed by atoms with van der Waals surface area (Å²) in [5.41, 5.74) is 5.39. The van der Waals surface area contributed by atoms with Gasteiger partial charge in [0.2, 0.25) is 0 Å². The number of hydrogen-bond donors (Lipinski definition) is 3. The van der Waals surface area contributed by atoms with Gasteiger partial charge in [-0.25, -0.2) is 9.78 Å². The Morgan fingerprint density at radius 1 is 1.18 bits per heavy atom. The minimum atomic E-state index is -0.185. The zero-order chi connectivity index (χ0) is 22.6. The molecule has 3 N–H and O–H groups in total. The number of nitrogens with one attached hydrogen (secondary N) is 3. The van der Waals surface area contributed by atoms with Crippen LogP contribution in [0.5, 0.6) is 0 Å². The summed E-state index contributed by atoms with van der Waals surface area (Å²) in [4.78, 5) is 19.4. The molecule has 3 aromatic rings. The van der Waals surface area contributed by atoms with Crippen molar-refractivity contribution in [3.05, 3.63) is 41.4 Å². The highest BCUT2D eigenvalue weighted by molar-refractivity contribution is 7.18. The van der Waals surface area contributed by atoms with Gasteiger partial charge < -0.3 is 25.6 Å². The smallest absolute Gasteiger partial charge is 0.319 e. The number of fused-ring (bicyclic) bond motifs is 1. The quantitative estimate of drug-likeness (QED) is 0.507. The van der Waals surface area contributed by atoms with Crippen molar-refractivity contribution in [2.75, 3.05) is 49.5 Å². The molecule has 2 aliphatic heterocycles. The van der Waals surface area contributed by atoms with Crippen molar-refractivity contribution in [2.45, 2.75) is 32.3 Å². The average Bonchev–Trinajstić information content (AvgIpc) is 3.29. The van der Waals surface area contributed by atoms with Gasteiger partial charge in [0.1, 0.15) is 16.6 Å². The lowest BCUT2D eigenvalue weighted by molar-refractivity contribution is 0.0277. The van der Waals surface area contributed by atoms with Crippen LogP contribution in [0.25, 0.3) is 21.3 Å². The Labute approximate surface area is 198 Å². The van der Waals surface area contributed by atoms with E-state index in [1.165, 1.54) is 35.2 Å². The van der Waals surface area contributed by atoms with Gasteiger partial charge in [-0.3, -0.25) is 0 Å². The predicted octanol–water partition coefficient (Wildman–Crippen LogP) is 4.76. The number of ether oxygens (including phenoxy) is 1. The first kappa shape index (κ1) is 22.1. The molecule has 0 spiro atoms. The molecule has 2 aliphatic rings. The second-order valence-corrected chi connectivity index (χ2v) is 9.63. The van der Waals surface area contributed by atoms with Crippen LogP contribution in [0.15, 0.2) is 36.4 Å². The van der Waals surface area contributed by atoms with Crippen molar-refractivity contribution >= 4 is 39.0 Å². The van der Waals surface area contributed by atoms with Crippen LogP contribution in [0, 0.1) is 0 Å². The van der Waals surface area contributed by atoms with Crippen LogP contribution in [0.1, 0.15) is 37.3 Å². The maximum atomic E-state index is 11.8. The first-order valence-corrected chi connectivity index (χ1v) is 12.7. The molecule has 2 saturated heterocycles. The largest absolute Gasteiger partial charge is 0.370 e. The number of carbonyl (C=O) groups excluding carboxylic acids is 1. The summed E-state index contributed by atoms with van der Waals surface area (Å²) >= 11 is 1.74. The Bertz CT molecular complexity index is 1100. The fourth-order valence-corrected chi connectivity index (χ4v) is 5.59. The average molecular weight is 466 g/mol. The highest BCUT2D eigenvalue weighted by Crippen LogP contribution is 2.39. The Hall–Kier alpha value is -2.68. The summed E-state index contributed by atoms with van der Waals surface area (Å²) in [6, 6.07) is 12.4. The van der Waals surface area contributed by atoms with Crippen molar-refractivity contribution in [3.8, 4) is 11.1 Å². The minimum absolute atomic E-state index is 0.0217. The Kier molecular flexibility index (Phi) is 6.75. The zero-order valence-electron chi connectivity index (χ0n) is 19.0. The van der Waals surface area contributed by atoms with Gasteiger partial charge in [-0.1, -0.05) is 12.1 Å². The number of rotatable bonds is 5. The zero-order valence-corrected chi connectivity index (χ0v) is 19.8. The lowest BCUT2D eigenvalue weighted by Gasteiger charge is -2.29. The standard InChI is InChI=1S/C25H31N5O2S/c1-2-27-25(31)28-19-8-6-17(7-9-19)18-14-20(30-11-4-3-5-12-30)23-22(15-18)33-24(29-23)21-16-26-10-13-32-21/h6-9,14-15,21,26H,2-5,10-13,16H2,1H3,(H2,27,28,31). The van der Waals surface area contributed by atoms with E-state index < -0.39 is 0 Å². The number of piperidine rings is 1. The van der Waals surface area contributed by atoms with Crippen molar-refractivity contribution in [3.63, 3.8) is 0 Å². The fraction of sp³-hybridized carbons (Fsp3) is 0.440. The first-order chi connectivity index (χ1) is 16.2.